The molecule has 1 aromatic heterocycles. The SMILES string of the molecule is C=N/C(=C\c1c(C(C)C)ccc(N2C[C@H](CS(C)(=O)=O)[C@H]2C)c1C)Nc1ccnc(N2CCC(CN)(OC)CC2)n1. The third-order valence-electron chi connectivity index (χ3n) is 8.69. The number of hydrogen-bond donors (Lipinski definition) is 2. The van der Waals surface area contributed by atoms with E-state index in [0.29, 0.717) is 30.0 Å². The lowest BCUT2D eigenvalue weighted by atomic mass is 9.87. The first kappa shape index (κ1) is 30.9. The number of sulfone groups is 1. The number of methoxy groups -OCH3 is 1. The summed E-state index contributed by atoms with van der Waals surface area (Å²) in [7, 11) is -1.29. The zero-order valence-corrected chi connectivity index (χ0v) is 26.0. The highest BCUT2D eigenvalue weighted by Gasteiger charge is 2.38. The van der Waals surface area contributed by atoms with E-state index >= 15 is 0 Å². The quantitative estimate of drug-likeness (QED) is 0.380. The molecule has 0 aliphatic carbocycles. The maximum atomic E-state index is 11.9. The predicted molar refractivity (Wildman–Crippen MR) is 169 cm³/mol. The average molecular weight is 584 g/mol. The summed E-state index contributed by atoms with van der Waals surface area (Å²) in [6.07, 6.45) is 6.72. The highest BCUT2D eigenvalue weighted by atomic mass is 32.2. The normalized spacial score (nSPS) is 21.1. The Bertz CT molecular complexity index is 1380. The number of anilines is 3. The van der Waals surface area contributed by atoms with Crippen LogP contribution < -0.4 is 20.9 Å². The second-order valence-electron chi connectivity index (χ2n) is 11.7. The van der Waals surface area contributed by atoms with Crippen LogP contribution >= 0.6 is 0 Å². The maximum Gasteiger partial charge on any atom is 0.227 e. The van der Waals surface area contributed by atoms with Gasteiger partial charge in [-0.05, 0) is 74.2 Å². The summed E-state index contributed by atoms with van der Waals surface area (Å²) in [4.78, 5) is 18.0. The minimum atomic E-state index is -3.01. The Hall–Kier alpha value is -3.02. The van der Waals surface area contributed by atoms with Gasteiger partial charge in [0.2, 0.25) is 5.95 Å². The lowest BCUT2D eigenvalue weighted by Crippen LogP contribution is -2.57. The molecule has 41 heavy (non-hydrogen) atoms. The molecule has 2 aliphatic heterocycles. The average Bonchev–Trinajstić information content (AvgIpc) is 2.95. The number of aromatic nitrogens is 2. The van der Waals surface area contributed by atoms with Crippen molar-refractivity contribution in [2.45, 2.75) is 58.1 Å². The molecule has 0 saturated carbocycles. The third-order valence-corrected chi connectivity index (χ3v) is 9.72. The Labute approximate surface area is 245 Å². The van der Waals surface area contributed by atoms with E-state index in [1.807, 2.05) is 12.1 Å². The zero-order chi connectivity index (χ0) is 29.9. The van der Waals surface area contributed by atoms with E-state index in [-0.39, 0.29) is 23.3 Å². The Kier molecular flexibility index (Phi) is 9.40. The van der Waals surface area contributed by atoms with Gasteiger partial charge in [0.05, 0.1) is 11.4 Å². The second kappa shape index (κ2) is 12.5. The number of rotatable bonds is 11. The van der Waals surface area contributed by atoms with Crippen LogP contribution in [0.4, 0.5) is 17.5 Å². The van der Waals surface area contributed by atoms with Crippen LogP contribution in [0.15, 0.2) is 35.2 Å². The summed E-state index contributed by atoms with van der Waals surface area (Å²) in [5, 5.41) is 3.34. The summed E-state index contributed by atoms with van der Waals surface area (Å²) in [5.74, 6) is 2.52. The molecule has 224 valence electrons. The van der Waals surface area contributed by atoms with E-state index in [0.717, 1.165) is 49.3 Å². The van der Waals surface area contributed by atoms with Crippen molar-refractivity contribution in [3.8, 4) is 0 Å². The van der Waals surface area contributed by atoms with Crippen molar-refractivity contribution in [3.05, 3.63) is 46.9 Å². The molecule has 0 radical (unpaired) electrons. The number of ether oxygens (including phenoxy) is 1. The van der Waals surface area contributed by atoms with Crippen LogP contribution in [0.1, 0.15) is 56.2 Å². The molecule has 0 unspecified atom stereocenters. The van der Waals surface area contributed by atoms with Crippen LogP contribution in [0.25, 0.3) is 6.08 Å². The Morgan fingerprint density at radius 3 is 2.59 bits per heavy atom. The van der Waals surface area contributed by atoms with Gasteiger partial charge in [-0.25, -0.2) is 18.4 Å². The molecule has 10 nitrogen and oxygen atoms in total. The number of aliphatic imine (C=N–C) groups is 1. The Morgan fingerprint density at radius 1 is 1.32 bits per heavy atom. The molecule has 2 saturated heterocycles. The molecule has 2 fully saturated rings. The van der Waals surface area contributed by atoms with Gasteiger partial charge in [0.25, 0.3) is 0 Å². The zero-order valence-electron chi connectivity index (χ0n) is 25.2. The molecule has 1 aromatic carbocycles. The number of hydrogen-bond acceptors (Lipinski definition) is 10. The van der Waals surface area contributed by atoms with E-state index in [4.69, 9.17) is 15.5 Å². The van der Waals surface area contributed by atoms with Gasteiger partial charge in [0.1, 0.15) is 21.5 Å². The van der Waals surface area contributed by atoms with Crippen molar-refractivity contribution in [2.75, 3.05) is 60.4 Å². The summed E-state index contributed by atoms with van der Waals surface area (Å²) in [6.45, 7) is 15.1. The molecule has 11 heteroatoms. The second-order valence-corrected chi connectivity index (χ2v) is 13.9. The standard InChI is InChI=1S/C30H45N7O3S/c1-20(2)24-8-9-26(37-17-23(22(37)4)18-41(7,38)39)21(3)25(24)16-28(32-5)34-27-10-13-33-29(35-27)36-14-11-30(19-31,40-6)12-15-36/h8-10,13,16,20,22-23H,5,11-12,14-15,17-19,31H2,1-4,6-7H3,(H,33,34,35)/b28-16+/t22-,23-/m1/s1. The highest BCUT2D eigenvalue weighted by Crippen LogP contribution is 2.38. The molecular formula is C30H45N7O3S. The molecule has 0 amide bonds. The number of piperidine rings is 1. The minimum Gasteiger partial charge on any atom is -0.377 e. The van der Waals surface area contributed by atoms with Gasteiger partial charge < -0.3 is 25.6 Å². The van der Waals surface area contributed by atoms with Gasteiger partial charge in [-0.1, -0.05) is 19.9 Å². The van der Waals surface area contributed by atoms with Crippen LogP contribution in [-0.4, -0.2) is 82.0 Å². The van der Waals surface area contributed by atoms with Crippen LogP contribution in [0.3, 0.4) is 0 Å². The molecule has 0 bridgehead atoms. The summed E-state index contributed by atoms with van der Waals surface area (Å²) in [6, 6.07) is 6.29. The molecule has 3 N–H and O–H groups in total. The largest absolute Gasteiger partial charge is 0.377 e. The third kappa shape index (κ3) is 6.90. The van der Waals surface area contributed by atoms with Gasteiger partial charge in [-0.15, -0.1) is 0 Å². The molecular weight excluding hydrogens is 538 g/mol. The number of nitrogens with one attached hydrogen (secondary N) is 1. The first-order valence-corrected chi connectivity index (χ1v) is 16.3. The van der Waals surface area contributed by atoms with Crippen molar-refractivity contribution in [1.29, 1.82) is 0 Å². The molecule has 2 aromatic rings. The smallest absolute Gasteiger partial charge is 0.227 e. The Balaban J connectivity index is 1.57. The fourth-order valence-electron chi connectivity index (χ4n) is 5.90. The summed E-state index contributed by atoms with van der Waals surface area (Å²) < 4.78 is 29.4. The van der Waals surface area contributed by atoms with Crippen molar-refractivity contribution < 1.29 is 13.2 Å². The van der Waals surface area contributed by atoms with Crippen LogP contribution in [0.5, 0.6) is 0 Å². The topological polar surface area (TPSA) is 126 Å². The number of nitrogens with zero attached hydrogens (tertiary/aromatic N) is 5. The first-order valence-electron chi connectivity index (χ1n) is 14.3. The van der Waals surface area contributed by atoms with Crippen molar-refractivity contribution >= 4 is 40.1 Å². The van der Waals surface area contributed by atoms with Crippen molar-refractivity contribution in [2.24, 2.45) is 16.6 Å². The van der Waals surface area contributed by atoms with Gasteiger partial charge in [0, 0.05) is 63.4 Å². The fourth-order valence-corrected chi connectivity index (χ4v) is 7.06. The highest BCUT2D eigenvalue weighted by molar-refractivity contribution is 7.90. The molecule has 3 heterocycles. The van der Waals surface area contributed by atoms with E-state index in [9.17, 15) is 8.42 Å². The van der Waals surface area contributed by atoms with E-state index < -0.39 is 9.84 Å². The monoisotopic (exact) mass is 583 g/mol. The molecule has 2 atom stereocenters. The lowest BCUT2D eigenvalue weighted by Gasteiger charge is -2.48. The molecule has 4 rings (SSSR count). The van der Waals surface area contributed by atoms with Gasteiger partial charge in [0.15, 0.2) is 0 Å². The molecule has 0 spiro atoms. The lowest BCUT2D eigenvalue weighted by molar-refractivity contribution is -0.0217. The van der Waals surface area contributed by atoms with Gasteiger partial charge >= 0.3 is 0 Å². The van der Waals surface area contributed by atoms with Crippen LogP contribution in [0.2, 0.25) is 0 Å². The van der Waals surface area contributed by atoms with Crippen LogP contribution in [-0.2, 0) is 14.6 Å². The summed E-state index contributed by atoms with van der Waals surface area (Å²) >= 11 is 0. The molecule has 2 aliphatic rings. The van der Waals surface area contributed by atoms with E-state index in [2.05, 4.69) is 71.6 Å². The summed E-state index contributed by atoms with van der Waals surface area (Å²) in [5.41, 5.74) is 10.2. The van der Waals surface area contributed by atoms with E-state index in [1.54, 1.807) is 13.3 Å². The van der Waals surface area contributed by atoms with Crippen molar-refractivity contribution in [3.63, 3.8) is 0 Å². The first-order chi connectivity index (χ1) is 19.4. The van der Waals surface area contributed by atoms with Crippen molar-refractivity contribution in [1.82, 2.24) is 9.97 Å². The van der Waals surface area contributed by atoms with Crippen LogP contribution in [0, 0.1) is 12.8 Å². The number of nitrogens with two attached hydrogens (primary N) is 1. The Morgan fingerprint density at radius 2 is 2.02 bits per heavy atom. The minimum absolute atomic E-state index is 0.133. The van der Waals surface area contributed by atoms with Gasteiger partial charge in [-0.2, -0.15) is 4.98 Å². The van der Waals surface area contributed by atoms with E-state index in [1.165, 1.54) is 11.8 Å². The number of benzene rings is 1. The predicted octanol–water partition coefficient (Wildman–Crippen LogP) is 3.83. The maximum absolute atomic E-state index is 11.9. The van der Waals surface area contributed by atoms with Gasteiger partial charge in [-0.3, -0.25) is 0 Å². The fraction of sp³-hybridized carbons (Fsp3) is 0.567.